The van der Waals surface area contributed by atoms with Gasteiger partial charge in [0.2, 0.25) is 10.0 Å². The maximum absolute atomic E-state index is 12.6. The standard InChI is InChI=1S/C14H19N3O3S/c1-12-10-14(3-2-13(12)11-15)21(19,20)17-6-4-16(5-7-17)8-9-18/h2-3,10,18H,4-9H2,1H3. The van der Waals surface area contributed by atoms with Gasteiger partial charge in [0.1, 0.15) is 0 Å². The zero-order chi connectivity index (χ0) is 15.5. The highest BCUT2D eigenvalue weighted by Gasteiger charge is 2.28. The quantitative estimate of drug-likeness (QED) is 0.857. The molecular formula is C14H19N3O3S. The Bertz CT molecular complexity index is 644. The molecule has 0 saturated carbocycles. The van der Waals surface area contributed by atoms with Crippen molar-refractivity contribution in [3.05, 3.63) is 29.3 Å². The van der Waals surface area contributed by atoms with Crippen molar-refractivity contribution in [2.24, 2.45) is 0 Å². The van der Waals surface area contributed by atoms with Crippen LogP contribution in [0.3, 0.4) is 0 Å². The second-order valence-electron chi connectivity index (χ2n) is 5.06. The average Bonchev–Trinajstić information content (AvgIpc) is 2.48. The molecule has 7 heteroatoms. The lowest BCUT2D eigenvalue weighted by atomic mass is 10.1. The maximum atomic E-state index is 12.6. The topological polar surface area (TPSA) is 84.6 Å². The van der Waals surface area contributed by atoms with Gasteiger partial charge in [-0.3, -0.25) is 4.90 Å². The molecule has 0 unspecified atom stereocenters. The summed E-state index contributed by atoms with van der Waals surface area (Å²) in [5.41, 5.74) is 1.15. The zero-order valence-corrected chi connectivity index (χ0v) is 12.8. The molecule has 0 amide bonds. The van der Waals surface area contributed by atoms with Crippen molar-refractivity contribution in [3.8, 4) is 6.07 Å². The molecule has 1 saturated heterocycles. The SMILES string of the molecule is Cc1cc(S(=O)(=O)N2CCN(CCO)CC2)ccc1C#N. The number of nitrogens with zero attached hydrogens (tertiary/aromatic N) is 3. The molecule has 2 rings (SSSR count). The third-order valence-corrected chi connectivity index (χ3v) is 5.60. The van der Waals surface area contributed by atoms with Crippen LogP contribution < -0.4 is 0 Å². The lowest BCUT2D eigenvalue weighted by Gasteiger charge is -2.33. The van der Waals surface area contributed by atoms with E-state index in [1.54, 1.807) is 19.1 Å². The van der Waals surface area contributed by atoms with Gasteiger partial charge in [-0.05, 0) is 30.7 Å². The van der Waals surface area contributed by atoms with E-state index >= 15 is 0 Å². The summed E-state index contributed by atoms with van der Waals surface area (Å²) >= 11 is 0. The number of β-amino-alcohol motifs (C(OH)–C–C–N with tert-alkyl or cyclic N) is 1. The second kappa shape index (κ2) is 6.54. The first-order valence-corrected chi connectivity index (χ1v) is 8.27. The number of hydrogen-bond acceptors (Lipinski definition) is 5. The van der Waals surface area contributed by atoms with Crippen LogP contribution in [-0.4, -0.2) is 62.1 Å². The monoisotopic (exact) mass is 309 g/mol. The molecule has 1 aliphatic rings. The Balaban J connectivity index is 2.16. The van der Waals surface area contributed by atoms with E-state index in [4.69, 9.17) is 10.4 Å². The van der Waals surface area contributed by atoms with Crippen LogP contribution in [0.4, 0.5) is 0 Å². The first kappa shape index (κ1) is 15.9. The number of piperazine rings is 1. The van der Waals surface area contributed by atoms with Crippen molar-refractivity contribution in [1.29, 1.82) is 5.26 Å². The zero-order valence-electron chi connectivity index (χ0n) is 12.0. The molecule has 0 atom stereocenters. The predicted molar refractivity (Wildman–Crippen MR) is 78.2 cm³/mol. The molecule has 0 aliphatic carbocycles. The van der Waals surface area contributed by atoms with Gasteiger partial charge in [-0.25, -0.2) is 8.42 Å². The lowest BCUT2D eigenvalue weighted by Crippen LogP contribution is -2.49. The van der Waals surface area contributed by atoms with Gasteiger partial charge in [-0.15, -0.1) is 0 Å². The summed E-state index contributed by atoms with van der Waals surface area (Å²) in [6.45, 7) is 4.47. The van der Waals surface area contributed by atoms with Gasteiger partial charge >= 0.3 is 0 Å². The van der Waals surface area contributed by atoms with Crippen LogP contribution in [0.1, 0.15) is 11.1 Å². The summed E-state index contributed by atoms with van der Waals surface area (Å²) in [6, 6.07) is 6.62. The molecule has 6 nitrogen and oxygen atoms in total. The van der Waals surface area contributed by atoms with Crippen molar-refractivity contribution in [2.75, 3.05) is 39.3 Å². The molecule has 0 radical (unpaired) electrons. The Hall–Kier alpha value is -1.46. The number of aliphatic hydroxyl groups excluding tert-OH is 1. The number of benzene rings is 1. The van der Waals surface area contributed by atoms with Gasteiger partial charge in [0.15, 0.2) is 0 Å². The first-order chi connectivity index (χ1) is 9.98. The molecular weight excluding hydrogens is 290 g/mol. The molecule has 1 aliphatic heterocycles. The van der Waals surface area contributed by atoms with Crippen LogP contribution in [0.2, 0.25) is 0 Å². The average molecular weight is 309 g/mol. The third kappa shape index (κ3) is 3.41. The van der Waals surface area contributed by atoms with Gasteiger partial charge in [0.25, 0.3) is 0 Å². The van der Waals surface area contributed by atoms with E-state index in [2.05, 4.69) is 0 Å². The highest BCUT2D eigenvalue weighted by atomic mass is 32.2. The molecule has 1 aromatic carbocycles. The van der Waals surface area contributed by atoms with E-state index in [1.165, 1.54) is 10.4 Å². The molecule has 0 spiro atoms. The molecule has 1 N–H and O–H groups in total. The van der Waals surface area contributed by atoms with Gasteiger partial charge in [-0.1, -0.05) is 0 Å². The first-order valence-electron chi connectivity index (χ1n) is 6.83. The van der Waals surface area contributed by atoms with E-state index in [1.807, 2.05) is 11.0 Å². The largest absolute Gasteiger partial charge is 0.395 e. The number of rotatable bonds is 4. The van der Waals surface area contributed by atoms with E-state index < -0.39 is 10.0 Å². The van der Waals surface area contributed by atoms with Gasteiger partial charge in [-0.2, -0.15) is 9.57 Å². The van der Waals surface area contributed by atoms with Crippen molar-refractivity contribution in [3.63, 3.8) is 0 Å². The molecule has 1 heterocycles. The summed E-state index contributed by atoms with van der Waals surface area (Å²) in [6.07, 6.45) is 0. The maximum Gasteiger partial charge on any atom is 0.243 e. The van der Waals surface area contributed by atoms with Gasteiger partial charge < -0.3 is 5.11 Å². The highest BCUT2D eigenvalue weighted by Crippen LogP contribution is 2.20. The summed E-state index contributed by atoms with van der Waals surface area (Å²) < 4.78 is 26.6. The fourth-order valence-corrected chi connectivity index (χ4v) is 3.91. The minimum absolute atomic E-state index is 0.0849. The van der Waals surface area contributed by atoms with E-state index in [-0.39, 0.29) is 11.5 Å². The Morgan fingerprint density at radius 3 is 2.48 bits per heavy atom. The minimum Gasteiger partial charge on any atom is -0.395 e. The van der Waals surface area contributed by atoms with Crippen molar-refractivity contribution < 1.29 is 13.5 Å². The van der Waals surface area contributed by atoms with E-state index in [9.17, 15) is 8.42 Å². The number of sulfonamides is 1. The molecule has 114 valence electrons. The summed E-state index contributed by atoms with van der Waals surface area (Å²) in [7, 11) is -3.51. The van der Waals surface area contributed by atoms with Gasteiger partial charge in [0, 0.05) is 32.7 Å². The van der Waals surface area contributed by atoms with Crippen LogP contribution >= 0.6 is 0 Å². The lowest BCUT2D eigenvalue weighted by molar-refractivity contribution is 0.151. The second-order valence-corrected chi connectivity index (χ2v) is 7.00. The number of aliphatic hydroxyl groups is 1. The Labute approximate surface area is 125 Å². The Morgan fingerprint density at radius 1 is 1.29 bits per heavy atom. The minimum atomic E-state index is -3.51. The van der Waals surface area contributed by atoms with Crippen molar-refractivity contribution >= 4 is 10.0 Å². The van der Waals surface area contributed by atoms with Gasteiger partial charge in [0.05, 0.1) is 23.1 Å². The van der Waals surface area contributed by atoms with Crippen LogP contribution in [0.15, 0.2) is 23.1 Å². The summed E-state index contributed by atoms with van der Waals surface area (Å²) in [5, 5.41) is 17.8. The summed E-state index contributed by atoms with van der Waals surface area (Å²) in [5.74, 6) is 0. The summed E-state index contributed by atoms with van der Waals surface area (Å²) in [4.78, 5) is 2.27. The predicted octanol–water partition coefficient (Wildman–Crippen LogP) is 0.165. The van der Waals surface area contributed by atoms with Crippen LogP contribution in [0, 0.1) is 18.3 Å². The molecule has 1 fully saturated rings. The molecule has 0 bridgehead atoms. The Kier molecular flexibility index (Phi) is 4.96. The van der Waals surface area contributed by atoms with E-state index in [0.29, 0.717) is 43.9 Å². The Morgan fingerprint density at radius 2 is 1.95 bits per heavy atom. The smallest absolute Gasteiger partial charge is 0.243 e. The molecule has 21 heavy (non-hydrogen) atoms. The highest BCUT2D eigenvalue weighted by molar-refractivity contribution is 7.89. The van der Waals surface area contributed by atoms with Crippen LogP contribution in [0.5, 0.6) is 0 Å². The van der Waals surface area contributed by atoms with E-state index in [0.717, 1.165) is 0 Å². The van der Waals surface area contributed by atoms with Crippen molar-refractivity contribution in [2.45, 2.75) is 11.8 Å². The fourth-order valence-electron chi connectivity index (χ4n) is 2.41. The molecule has 1 aromatic rings. The van der Waals surface area contributed by atoms with Crippen LogP contribution in [-0.2, 0) is 10.0 Å². The third-order valence-electron chi connectivity index (χ3n) is 3.70. The van der Waals surface area contributed by atoms with Crippen molar-refractivity contribution in [1.82, 2.24) is 9.21 Å². The number of hydrogen-bond donors (Lipinski definition) is 1. The number of nitriles is 1. The normalized spacial score (nSPS) is 17.6. The number of aryl methyl sites for hydroxylation is 1. The molecule has 0 aromatic heterocycles. The fraction of sp³-hybridized carbons (Fsp3) is 0.500. The van der Waals surface area contributed by atoms with Crippen LogP contribution in [0.25, 0.3) is 0 Å².